The molecule has 9 nitrogen and oxygen atoms in total. The van der Waals surface area contributed by atoms with Gasteiger partial charge in [-0.05, 0) is 55.7 Å². The van der Waals surface area contributed by atoms with Crippen LogP contribution in [0.4, 0.5) is 0 Å². The van der Waals surface area contributed by atoms with E-state index >= 15 is 0 Å². The van der Waals surface area contributed by atoms with Crippen LogP contribution in [0.5, 0.6) is 11.6 Å². The van der Waals surface area contributed by atoms with E-state index in [2.05, 4.69) is 10.1 Å². The number of carbonyl (C=O) groups is 1. The second kappa shape index (κ2) is 12.8. The maximum atomic E-state index is 11.9. The molecule has 0 unspecified atom stereocenters. The molecular formula is C31H31N3O6. The molecule has 0 fully saturated rings. The fourth-order valence-electron chi connectivity index (χ4n) is 4.11. The first-order valence-electron chi connectivity index (χ1n) is 13.2. The second-order valence-corrected chi connectivity index (χ2v) is 9.17. The van der Waals surface area contributed by atoms with Gasteiger partial charge in [0.1, 0.15) is 30.4 Å². The highest BCUT2D eigenvalue weighted by Gasteiger charge is 2.15. The predicted octanol–water partition coefficient (Wildman–Crippen LogP) is 6.14. The van der Waals surface area contributed by atoms with Crippen molar-refractivity contribution in [3.63, 3.8) is 0 Å². The van der Waals surface area contributed by atoms with E-state index in [0.29, 0.717) is 60.9 Å². The van der Waals surface area contributed by atoms with Gasteiger partial charge in [-0.25, -0.2) is 4.98 Å². The average Bonchev–Trinajstić information content (AvgIpc) is 3.72. The van der Waals surface area contributed by atoms with Crippen molar-refractivity contribution >= 4 is 5.97 Å². The van der Waals surface area contributed by atoms with Crippen molar-refractivity contribution in [2.24, 2.45) is 0 Å². The first kappa shape index (κ1) is 26.8. The number of oxazole rings is 1. The SMILES string of the molecule is CCOC(=O)CCc1cn(Cc2ccc(OCc3nc(-c4ccco4)oc3C)cc2)nc1OCc1ccccc1. The monoisotopic (exact) mass is 541 g/mol. The summed E-state index contributed by atoms with van der Waals surface area (Å²) >= 11 is 0. The molecule has 0 aliphatic rings. The van der Waals surface area contributed by atoms with Gasteiger partial charge in [0.15, 0.2) is 5.76 Å². The molecule has 5 aromatic rings. The lowest BCUT2D eigenvalue weighted by atomic mass is 10.2. The molecule has 0 saturated carbocycles. The summed E-state index contributed by atoms with van der Waals surface area (Å²) in [4.78, 5) is 16.4. The first-order chi connectivity index (χ1) is 19.6. The van der Waals surface area contributed by atoms with Gasteiger partial charge in [0.2, 0.25) is 5.88 Å². The predicted molar refractivity (Wildman–Crippen MR) is 147 cm³/mol. The number of nitrogens with zero attached hydrogens (tertiary/aromatic N) is 3. The Balaban J connectivity index is 1.21. The van der Waals surface area contributed by atoms with E-state index in [1.165, 1.54) is 0 Å². The Morgan fingerprint density at radius 2 is 1.77 bits per heavy atom. The highest BCUT2D eigenvalue weighted by molar-refractivity contribution is 5.69. The van der Waals surface area contributed by atoms with Gasteiger partial charge in [0, 0.05) is 18.2 Å². The zero-order valence-electron chi connectivity index (χ0n) is 22.5. The molecule has 5 rings (SSSR count). The van der Waals surface area contributed by atoms with Crippen LogP contribution in [0.3, 0.4) is 0 Å². The van der Waals surface area contributed by atoms with Crippen LogP contribution in [-0.4, -0.2) is 27.3 Å². The first-order valence-corrected chi connectivity index (χ1v) is 13.2. The number of hydrogen-bond donors (Lipinski definition) is 0. The van der Waals surface area contributed by atoms with E-state index in [9.17, 15) is 4.79 Å². The van der Waals surface area contributed by atoms with E-state index in [-0.39, 0.29) is 19.0 Å². The summed E-state index contributed by atoms with van der Waals surface area (Å²) in [6.07, 6.45) is 4.26. The molecule has 0 saturated heterocycles. The van der Waals surface area contributed by atoms with E-state index in [0.717, 1.165) is 16.7 Å². The van der Waals surface area contributed by atoms with Crippen molar-refractivity contribution in [1.29, 1.82) is 0 Å². The Morgan fingerprint density at radius 1 is 0.950 bits per heavy atom. The molecule has 0 N–H and O–H groups in total. The van der Waals surface area contributed by atoms with E-state index in [1.807, 2.05) is 72.4 Å². The summed E-state index contributed by atoms with van der Waals surface area (Å²) in [6, 6.07) is 21.3. The van der Waals surface area contributed by atoms with Crippen molar-refractivity contribution < 1.29 is 27.8 Å². The van der Waals surface area contributed by atoms with Gasteiger partial charge >= 0.3 is 5.97 Å². The Labute approximate surface area is 232 Å². The topological polar surface area (TPSA) is 102 Å². The zero-order valence-corrected chi connectivity index (χ0v) is 22.5. The number of esters is 1. The van der Waals surface area contributed by atoms with Crippen molar-refractivity contribution in [2.45, 2.75) is 46.4 Å². The number of rotatable bonds is 13. The molecule has 9 heteroatoms. The molecule has 2 aromatic carbocycles. The third-order valence-electron chi connectivity index (χ3n) is 6.19. The fraction of sp³-hybridized carbons (Fsp3) is 0.258. The molecule has 0 atom stereocenters. The van der Waals surface area contributed by atoms with Crippen LogP contribution in [-0.2, 0) is 35.7 Å². The summed E-state index contributed by atoms with van der Waals surface area (Å²) in [5, 5.41) is 4.66. The van der Waals surface area contributed by atoms with Crippen LogP contribution in [0, 0.1) is 6.92 Å². The van der Waals surface area contributed by atoms with E-state index in [4.69, 9.17) is 23.0 Å². The molecule has 0 amide bonds. The van der Waals surface area contributed by atoms with Gasteiger partial charge in [-0.1, -0.05) is 42.5 Å². The lowest BCUT2D eigenvalue weighted by Crippen LogP contribution is -2.05. The van der Waals surface area contributed by atoms with Gasteiger partial charge in [-0.2, -0.15) is 0 Å². The number of carbonyl (C=O) groups excluding carboxylic acids is 1. The van der Waals surface area contributed by atoms with Gasteiger partial charge in [0.05, 0.1) is 19.4 Å². The molecule has 40 heavy (non-hydrogen) atoms. The summed E-state index contributed by atoms with van der Waals surface area (Å²) < 4.78 is 29.9. The second-order valence-electron chi connectivity index (χ2n) is 9.17. The number of aryl methyl sites for hydroxylation is 2. The van der Waals surface area contributed by atoms with E-state index < -0.39 is 0 Å². The molecule has 0 bridgehead atoms. The summed E-state index contributed by atoms with van der Waals surface area (Å²) in [7, 11) is 0. The van der Waals surface area contributed by atoms with Crippen molar-refractivity contribution in [3.05, 3.63) is 107 Å². The van der Waals surface area contributed by atoms with Crippen LogP contribution < -0.4 is 9.47 Å². The average molecular weight is 542 g/mol. The molecular weight excluding hydrogens is 510 g/mol. The zero-order chi connectivity index (χ0) is 27.7. The number of furan rings is 1. The smallest absolute Gasteiger partial charge is 0.306 e. The normalized spacial score (nSPS) is 10.9. The summed E-state index contributed by atoms with van der Waals surface area (Å²) in [6.45, 7) is 5.22. The number of hydrogen-bond acceptors (Lipinski definition) is 8. The molecule has 206 valence electrons. The highest BCUT2D eigenvalue weighted by atomic mass is 16.5. The Morgan fingerprint density at radius 3 is 2.52 bits per heavy atom. The Kier molecular flexibility index (Phi) is 8.60. The standard InChI is InChI=1S/C31H31N3O6/c1-3-36-29(35)16-13-25-19-34(33-30(25)39-20-24-8-5-4-6-9-24)18-23-11-14-26(15-12-23)38-21-27-22(2)40-31(32-27)28-10-7-17-37-28/h4-12,14-15,17,19H,3,13,16,18,20-21H2,1-2H3. The van der Waals surface area contributed by atoms with Crippen LogP contribution in [0.2, 0.25) is 0 Å². The molecule has 0 aliphatic heterocycles. The number of benzene rings is 2. The molecule has 3 aromatic heterocycles. The van der Waals surface area contributed by atoms with Gasteiger partial charge in [-0.15, -0.1) is 5.10 Å². The maximum Gasteiger partial charge on any atom is 0.306 e. The summed E-state index contributed by atoms with van der Waals surface area (Å²) in [5.41, 5.74) is 3.66. The lowest BCUT2D eigenvalue weighted by molar-refractivity contribution is -0.143. The van der Waals surface area contributed by atoms with Gasteiger partial charge in [0.25, 0.3) is 5.89 Å². The summed E-state index contributed by atoms with van der Waals surface area (Å²) in [5.74, 6) is 2.70. The minimum Gasteiger partial charge on any atom is -0.487 e. The maximum absolute atomic E-state index is 11.9. The minimum atomic E-state index is -0.238. The van der Waals surface area contributed by atoms with Gasteiger partial charge < -0.3 is 23.0 Å². The number of aromatic nitrogens is 3. The van der Waals surface area contributed by atoms with Crippen molar-refractivity contribution in [2.75, 3.05) is 6.61 Å². The Bertz CT molecular complexity index is 1500. The fourth-order valence-corrected chi connectivity index (χ4v) is 4.11. The minimum absolute atomic E-state index is 0.238. The largest absolute Gasteiger partial charge is 0.487 e. The van der Waals surface area contributed by atoms with Crippen LogP contribution in [0.25, 0.3) is 11.7 Å². The lowest BCUT2D eigenvalue weighted by Gasteiger charge is -2.07. The number of ether oxygens (including phenoxy) is 3. The van der Waals surface area contributed by atoms with Gasteiger partial charge in [-0.3, -0.25) is 9.48 Å². The quantitative estimate of drug-likeness (QED) is 0.164. The van der Waals surface area contributed by atoms with Crippen LogP contribution in [0.1, 0.15) is 41.5 Å². The molecule has 0 radical (unpaired) electrons. The third-order valence-corrected chi connectivity index (χ3v) is 6.19. The molecule has 0 aliphatic carbocycles. The van der Waals surface area contributed by atoms with Crippen molar-refractivity contribution in [3.8, 4) is 23.3 Å². The third kappa shape index (κ3) is 6.99. The van der Waals surface area contributed by atoms with Crippen molar-refractivity contribution in [1.82, 2.24) is 14.8 Å². The molecule has 0 spiro atoms. The Hall–Kier alpha value is -4.79. The van der Waals surface area contributed by atoms with E-state index in [1.54, 1.807) is 25.3 Å². The van der Waals surface area contributed by atoms with Crippen LogP contribution >= 0.6 is 0 Å². The molecule has 3 heterocycles. The highest BCUT2D eigenvalue weighted by Crippen LogP contribution is 2.24. The van der Waals surface area contributed by atoms with Crippen LogP contribution in [0.15, 0.2) is 88.0 Å².